The Kier molecular flexibility index (Phi) is 11.8. The lowest BCUT2D eigenvalue weighted by atomic mass is 9.94. The molecule has 1 saturated heterocycles. The zero-order chi connectivity index (χ0) is 22.1. The van der Waals surface area contributed by atoms with Crippen LogP contribution < -0.4 is 5.32 Å². The molecule has 1 saturated carbocycles. The maximum Gasteiger partial charge on any atom is 0.308 e. The SMILES string of the molecule is CCNC(=NCc1ccccc1CN(C)C1CCCCC1)N1CCC(C(=O)OC)CC1.I. The Hall–Kier alpha value is -1.35. The molecule has 32 heavy (non-hydrogen) atoms. The van der Waals surface area contributed by atoms with E-state index in [1.165, 1.54) is 50.3 Å². The van der Waals surface area contributed by atoms with Gasteiger partial charge < -0.3 is 15.0 Å². The van der Waals surface area contributed by atoms with E-state index in [1.807, 2.05) is 0 Å². The molecule has 1 aromatic rings. The molecule has 1 aliphatic carbocycles. The highest BCUT2D eigenvalue weighted by atomic mass is 127. The third-order valence-corrected chi connectivity index (χ3v) is 6.80. The van der Waals surface area contributed by atoms with Gasteiger partial charge in [-0.3, -0.25) is 9.69 Å². The van der Waals surface area contributed by atoms with Crippen LogP contribution in [0.15, 0.2) is 29.3 Å². The number of nitrogens with one attached hydrogen (secondary N) is 1. The lowest BCUT2D eigenvalue weighted by molar-refractivity contribution is -0.146. The first-order chi connectivity index (χ1) is 15.1. The van der Waals surface area contributed by atoms with Gasteiger partial charge in [0, 0.05) is 32.2 Å². The van der Waals surface area contributed by atoms with Crippen molar-refractivity contribution in [1.82, 2.24) is 15.1 Å². The molecule has 0 atom stereocenters. The van der Waals surface area contributed by atoms with Crippen molar-refractivity contribution in [2.45, 2.75) is 71.0 Å². The van der Waals surface area contributed by atoms with Crippen molar-refractivity contribution in [3.8, 4) is 0 Å². The number of guanidine groups is 1. The molecule has 180 valence electrons. The van der Waals surface area contributed by atoms with Gasteiger partial charge in [0.15, 0.2) is 5.96 Å². The van der Waals surface area contributed by atoms with Gasteiger partial charge in [-0.15, -0.1) is 24.0 Å². The van der Waals surface area contributed by atoms with Crippen molar-refractivity contribution in [2.75, 3.05) is 33.8 Å². The van der Waals surface area contributed by atoms with E-state index in [9.17, 15) is 4.79 Å². The van der Waals surface area contributed by atoms with E-state index in [0.29, 0.717) is 12.6 Å². The van der Waals surface area contributed by atoms with Gasteiger partial charge in [-0.1, -0.05) is 43.5 Å². The van der Waals surface area contributed by atoms with Gasteiger partial charge in [0.1, 0.15) is 0 Å². The summed E-state index contributed by atoms with van der Waals surface area (Å²) in [7, 11) is 3.74. The molecule has 1 heterocycles. The summed E-state index contributed by atoms with van der Waals surface area (Å²) in [5.41, 5.74) is 2.67. The fraction of sp³-hybridized carbons (Fsp3) is 0.680. The molecular weight excluding hydrogens is 515 g/mol. The quantitative estimate of drug-likeness (QED) is 0.233. The first-order valence-electron chi connectivity index (χ1n) is 12.0. The Morgan fingerprint density at radius 2 is 1.78 bits per heavy atom. The molecule has 2 fully saturated rings. The summed E-state index contributed by atoms with van der Waals surface area (Å²) in [4.78, 5) is 21.6. The lowest BCUT2D eigenvalue weighted by Crippen LogP contribution is -2.46. The van der Waals surface area contributed by atoms with Crippen LogP contribution in [-0.4, -0.2) is 61.6 Å². The normalized spacial score (nSPS) is 18.4. The van der Waals surface area contributed by atoms with Gasteiger partial charge in [0.05, 0.1) is 19.6 Å². The van der Waals surface area contributed by atoms with E-state index in [1.54, 1.807) is 0 Å². The van der Waals surface area contributed by atoms with Crippen molar-refractivity contribution < 1.29 is 9.53 Å². The maximum absolute atomic E-state index is 11.8. The van der Waals surface area contributed by atoms with Crippen molar-refractivity contribution in [1.29, 1.82) is 0 Å². The average Bonchev–Trinajstić information content (AvgIpc) is 2.82. The third kappa shape index (κ3) is 7.61. The Morgan fingerprint density at radius 1 is 1.12 bits per heavy atom. The first kappa shape index (κ1) is 26.9. The lowest BCUT2D eigenvalue weighted by Gasteiger charge is -2.33. The Labute approximate surface area is 211 Å². The molecule has 0 bridgehead atoms. The molecule has 0 unspecified atom stereocenters. The summed E-state index contributed by atoms with van der Waals surface area (Å²) >= 11 is 0. The number of esters is 1. The second-order valence-corrected chi connectivity index (χ2v) is 8.93. The number of carbonyl (C=O) groups is 1. The second-order valence-electron chi connectivity index (χ2n) is 8.93. The number of carbonyl (C=O) groups excluding carboxylic acids is 1. The molecule has 0 radical (unpaired) electrons. The number of likely N-dealkylation sites (tertiary alicyclic amines) is 1. The third-order valence-electron chi connectivity index (χ3n) is 6.80. The van der Waals surface area contributed by atoms with Crippen LogP contribution in [-0.2, 0) is 22.6 Å². The number of rotatable bonds is 7. The molecule has 1 aliphatic heterocycles. The van der Waals surface area contributed by atoms with Gasteiger partial charge in [0.25, 0.3) is 0 Å². The molecule has 3 rings (SSSR count). The Morgan fingerprint density at radius 3 is 2.41 bits per heavy atom. The topological polar surface area (TPSA) is 57.2 Å². The van der Waals surface area contributed by atoms with Crippen LogP contribution >= 0.6 is 24.0 Å². The summed E-state index contributed by atoms with van der Waals surface area (Å²) in [5, 5.41) is 3.44. The van der Waals surface area contributed by atoms with Gasteiger partial charge in [-0.25, -0.2) is 4.99 Å². The second kappa shape index (κ2) is 14.0. The predicted octanol–water partition coefficient (Wildman–Crippen LogP) is 4.42. The zero-order valence-electron chi connectivity index (χ0n) is 20.0. The van der Waals surface area contributed by atoms with Crippen LogP contribution in [0.2, 0.25) is 0 Å². The van der Waals surface area contributed by atoms with Crippen LogP contribution in [0.5, 0.6) is 0 Å². The van der Waals surface area contributed by atoms with Crippen molar-refractivity contribution >= 4 is 35.9 Å². The van der Waals surface area contributed by atoms with E-state index in [2.05, 4.69) is 53.4 Å². The van der Waals surface area contributed by atoms with E-state index >= 15 is 0 Å². The van der Waals surface area contributed by atoms with Gasteiger partial charge in [0.2, 0.25) is 0 Å². The highest BCUT2D eigenvalue weighted by Gasteiger charge is 2.27. The van der Waals surface area contributed by atoms with Crippen LogP contribution in [0.4, 0.5) is 0 Å². The van der Waals surface area contributed by atoms with Crippen molar-refractivity contribution in [2.24, 2.45) is 10.9 Å². The first-order valence-corrected chi connectivity index (χ1v) is 12.0. The van der Waals surface area contributed by atoms with E-state index < -0.39 is 0 Å². The number of piperidine rings is 1. The summed E-state index contributed by atoms with van der Waals surface area (Å²) in [6.45, 7) is 6.26. The van der Waals surface area contributed by atoms with Crippen LogP contribution in [0.1, 0.15) is 63.0 Å². The Bertz CT molecular complexity index is 728. The number of halogens is 1. The zero-order valence-corrected chi connectivity index (χ0v) is 22.3. The fourth-order valence-corrected chi connectivity index (χ4v) is 4.87. The number of ether oxygens (including phenoxy) is 1. The predicted molar refractivity (Wildman–Crippen MR) is 141 cm³/mol. The number of methoxy groups -OCH3 is 1. The van der Waals surface area contributed by atoms with Gasteiger partial charge >= 0.3 is 5.97 Å². The van der Waals surface area contributed by atoms with Crippen LogP contribution in [0, 0.1) is 5.92 Å². The number of benzene rings is 1. The maximum atomic E-state index is 11.8. The summed E-state index contributed by atoms with van der Waals surface area (Å²) in [5.74, 6) is 0.874. The largest absolute Gasteiger partial charge is 0.469 e. The molecular formula is C25H41IN4O2. The Balaban J connectivity index is 0.00000363. The van der Waals surface area contributed by atoms with E-state index in [0.717, 1.165) is 45.0 Å². The van der Waals surface area contributed by atoms with Gasteiger partial charge in [-0.2, -0.15) is 0 Å². The molecule has 2 aliphatic rings. The molecule has 1 aromatic carbocycles. The molecule has 6 nitrogen and oxygen atoms in total. The standard InChI is InChI=1S/C25H40N4O2.HI/c1-4-26-25(29-16-14-20(15-17-29)24(30)31-3)27-18-21-10-8-9-11-22(21)19-28(2)23-12-6-5-7-13-23;/h8-11,20,23H,4-7,12-19H2,1-3H3,(H,26,27);1H. The van der Waals surface area contributed by atoms with E-state index in [4.69, 9.17) is 9.73 Å². The average molecular weight is 557 g/mol. The fourth-order valence-electron chi connectivity index (χ4n) is 4.87. The van der Waals surface area contributed by atoms with Crippen molar-refractivity contribution in [3.63, 3.8) is 0 Å². The monoisotopic (exact) mass is 556 g/mol. The number of nitrogens with zero attached hydrogens (tertiary/aromatic N) is 3. The summed E-state index contributed by atoms with van der Waals surface area (Å²) in [6, 6.07) is 9.42. The van der Waals surface area contributed by atoms with Crippen molar-refractivity contribution in [3.05, 3.63) is 35.4 Å². The highest BCUT2D eigenvalue weighted by Crippen LogP contribution is 2.24. The van der Waals surface area contributed by atoms with Crippen LogP contribution in [0.25, 0.3) is 0 Å². The smallest absolute Gasteiger partial charge is 0.308 e. The highest BCUT2D eigenvalue weighted by molar-refractivity contribution is 14.0. The van der Waals surface area contributed by atoms with Crippen LogP contribution in [0.3, 0.4) is 0 Å². The van der Waals surface area contributed by atoms with E-state index in [-0.39, 0.29) is 35.9 Å². The summed E-state index contributed by atoms with van der Waals surface area (Å²) in [6.07, 6.45) is 8.39. The number of aliphatic imine (C=N–C) groups is 1. The molecule has 0 aromatic heterocycles. The minimum atomic E-state index is -0.0856. The summed E-state index contributed by atoms with van der Waals surface area (Å²) < 4.78 is 4.92. The number of hydrogen-bond donors (Lipinski definition) is 1. The minimum Gasteiger partial charge on any atom is -0.469 e. The molecule has 0 amide bonds. The van der Waals surface area contributed by atoms with Gasteiger partial charge in [-0.05, 0) is 50.8 Å². The molecule has 1 N–H and O–H groups in total. The minimum absolute atomic E-state index is 0. The molecule has 0 spiro atoms. The number of hydrogen-bond acceptors (Lipinski definition) is 4. The molecule has 7 heteroatoms.